The summed E-state index contributed by atoms with van der Waals surface area (Å²) in [5.74, 6) is 1.01. The Bertz CT molecular complexity index is 617. The normalized spacial score (nSPS) is 15.3. The van der Waals surface area contributed by atoms with Crippen LogP contribution in [0.15, 0.2) is 10.4 Å². The fourth-order valence-corrected chi connectivity index (χ4v) is 3.57. The number of alkyl halides is 3. The lowest BCUT2D eigenvalue weighted by molar-refractivity contribution is -0.140. The number of amides is 1. The zero-order valence-electron chi connectivity index (χ0n) is 15.1. The summed E-state index contributed by atoms with van der Waals surface area (Å²) in [7, 11) is 1.57. The molecule has 6 nitrogen and oxygen atoms in total. The van der Waals surface area contributed by atoms with E-state index in [1.54, 1.807) is 7.05 Å². The first-order valence-electron chi connectivity index (χ1n) is 8.61. The number of carbonyl (C=O) groups excluding carboxylic acids is 1. The number of halogens is 4. The Balaban J connectivity index is 0.00000364. The second-order valence-corrected chi connectivity index (χ2v) is 7.12. The monoisotopic (exact) mass is 519 g/mol. The van der Waals surface area contributed by atoms with Crippen LogP contribution in [0.4, 0.5) is 13.2 Å². The number of nitrogens with one attached hydrogen (secondary N) is 3. The summed E-state index contributed by atoms with van der Waals surface area (Å²) >= 11 is 0.943. The van der Waals surface area contributed by atoms with Crippen LogP contribution in [0.5, 0.6) is 0 Å². The van der Waals surface area contributed by atoms with Crippen molar-refractivity contribution in [3.63, 3.8) is 0 Å². The fourth-order valence-electron chi connectivity index (χ4n) is 2.83. The number of thiazole rings is 1. The minimum Gasteiger partial charge on any atom is -0.355 e. The van der Waals surface area contributed by atoms with Crippen molar-refractivity contribution in [2.75, 3.05) is 20.1 Å². The maximum absolute atomic E-state index is 12.5. The molecule has 154 valence electrons. The van der Waals surface area contributed by atoms with Gasteiger partial charge < -0.3 is 16.0 Å². The second-order valence-electron chi connectivity index (χ2n) is 6.18. The lowest BCUT2D eigenvalue weighted by atomic mass is 10.0. The molecule has 0 spiro atoms. The number of carbonyl (C=O) groups is 1. The third-order valence-corrected chi connectivity index (χ3v) is 5.01. The van der Waals surface area contributed by atoms with Crippen LogP contribution in [0.2, 0.25) is 0 Å². The first kappa shape index (κ1) is 23.9. The van der Waals surface area contributed by atoms with E-state index in [-0.39, 0.29) is 36.4 Å². The predicted octanol–water partition coefficient (Wildman–Crippen LogP) is 3.14. The van der Waals surface area contributed by atoms with E-state index in [0.29, 0.717) is 36.4 Å². The standard InChI is InChI=1S/C16H24F3N5OS.HI/c1-20-15(23-9-14-24-12(10-26-14)16(17,18)19)22-7-6-21-13(25)8-11-4-2-3-5-11;/h10-11H,2-9H2,1H3,(H,21,25)(H2,20,22,23);1H. The zero-order valence-corrected chi connectivity index (χ0v) is 18.2. The molecule has 27 heavy (non-hydrogen) atoms. The van der Waals surface area contributed by atoms with Crippen LogP contribution in [0.3, 0.4) is 0 Å². The molecule has 0 unspecified atom stereocenters. The molecule has 0 radical (unpaired) electrons. The minimum atomic E-state index is -4.43. The van der Waals surface area contributed by atoms with Crippen molar-refractivity contribution in [3.05, 3.63) is 16.1 Å². The highest BCUT2D eigenvalue weighted by atomic mass is 127. The molecule has 0 aliphatic heterocycles. The molecule has 1 aliphatic rings. The number of hydrogen-bond acceptors (Lipinski definition) is 4. The number of aliphatic imine (C=N–C) groups is 1. The maximum atomic E-state index is 12.5. The van der Waals surface area contributed by atoms with Crippen LogP contribution in [0, 0.1) is 5.92 Å². The molecule has 11 heteroatoms. The van der Waals surface area contributed by atoms with Crippen molar-refractivity contribution in [3.8, 4) is 0 Å². The highest BCUT2D eigenvalue weighted by Crippen LogP contribution is 2.30. The van der Waals surface area contributed by atoms with E-state index in [0.717, 1.165) is 29.6 Å². The molecule has 0 bridgehead atoms. The van der Waals surface area contributed by atoms with Crippen molar-refractivity contribution in [2.45, 2.75) is 44.8 Å². The van der Waals surface area contributed by atoms with Gasteiger partial charge in [-0.05, 0) is 18.8 Å². The third kappa shape index (κ3) is 8.62. The summed E-state index contributed by atoms with van der Waals surface area (Å²) in [4.78, 5) is 19.4. The predicted molar refractivity (Wildman–Crippen MR) is 110 cm³/mol. The molecule has 3 N–H and O–H groups in total. The quantitative estimate of drug-likeness (QED) is 0.224. The Labute approximate surface area is 177 Å². The molecule has 1 aliphatic carbocycles. The first-order valence-corrected chi connectivity index (χ1v) is 9.49. The van der Waals surface area contributed by atoms with E-state index >= 15 is 0 Å². The van der Waals surface area contributed by atoms with Crippen LogP contribution in [-0.4, -0.2) is 37.0 Å². The summed E-state index contributed by atoms with van der Waals surface area (Å²) in [6, 6.07) is 0. The van der Waals surface area contributed by atoms with E-state index in [1.165, 1.54) is 12.8 Å². The number of aromatic nitrogens is 1. The van der Waals surface area contributed by atoms with Crippen molar-refractivity contribution in [2.24, 2.45) is 10.9 Å². The van der Waals surface area contributed by atoms with E-state index in [1.807, 2.05) is 0 Å². The molecule has 0 aromatic carbocycles. The molecule has 1 aromatic heterocycles. The van der Waals surface area contributed by atoms with E-state index in [4.69, 9.17) is 0 Å². The Hall–Kier alpha value is -1.11. The average molecular weight is 519 g/mol. The third-order valence-electron chi connectivity index (χ3n) is 4.16. The van der Waals surface area contributed by atoms with Crippen LogP contribution >= 0.6 is 35.3 Å². The highest BCUT2D eigenvalue weighted by Gasteiger charge is 2.33. The van der Waals surface area contributed by atoms with Crippen LogP contribution in [0.1, 0.15) is 42.8 Å². The molecular formula is C16H25F3IN5OS. The molecule has 1 heterocycles. The molecular weight excluding hydrogens is 494 g/mol. The van der Waals surface area contributed by atoms with Crippen molar-refractivity contribution >= 4 is 47.2 Å². The average Bonchev–Trinajstić information content (AvgIpc) is 3.25. The summed E-state index contributed by atoms with van der Waals surface area (Å²) in [5, 5.41) is 10.1. The van der Waals surface area contributed by atoms with Gasteiger partial charge in [-0.25, -0.2) is 4.98 Å². The van der Waals surface area contributed by atoms with E-state index < -0.39 is 11.9 Å². The smallest absolute Gasteiger partial charge is 0.355 e. The number of nitrogens with zero attached hydrogens (tertiary/aromatic N) is 2. The van der Waals surface area contributed by atoms with Crippen LogP contribution in [-0.2, 0) is 17.5 Å². The molecule has 1 amide bonds. The van der Waals surface area contributed by atoms with Gasteiger partial charge >= 0.3 is 6.18 Å². The van der Waals surface area contributed by atoms with Gasteiger partial charge in [-0.3, -0.25) is 9.79 Å². The topological polar surface area (TPSA) is 78.4 Å². The van der Waals surface area contributed by atoms with Gasteiger partial charge in [0.05, 0.1) is 6.54 Å². The van der Waals surface area contributed by atoms with Crippen molar-refractivity contribution in [1.29, 1.82) is 0 Å². The number of hydrogen-bond donors (Lipinski definition) is 3. The van der Waals surface area contributed by atoms with Gasteiger partial charge in [-0.1, -0.05) is 12.8 Å². The van der Waals surface area contributed by atoms with Gasteiger partial charge in [0.15, 0.2) is 11.7 Å². The van der Waals surface area contributed by atoms with Gasteiger partial charge in [0.25, 0.3) is 0 Å². The molecule has 1 saturated carbocycles. The van der Waals surface area contributed by atoms with Crippen LogP contribution in [0.25, 0.3) is 0 Å². The van der Waals surface area contributed by atoms with Crippen molar-refractivity contribution in [1.82, 2.24) is 20.9 Å². The summed E-state index contributed by atoms with van der Waals surface area (Å²) in [5.41, 5.74) is -0.882. The Morgan fingerprint density at radius 1 is 1.26 bits per heavy atom. The Morgan fingerprint density at radius 2 is 1.93 bits per heavy atom. The molecule has 0 atom stereocenters. The maximum Gasteiger partial charge on any atom is 0.434 e. The lowest BCUT2D eigenvalue weighted by Crippen LogP contribution is -2.41. The van der Waals surface area contributed by atoms with Gasteiger partial charge in [-0.15, -0.1) is 35.3 Å². The van der Waals surface area contributed by atoms with Gasteiger partial charge in [0, 0.05) is 31.9 Å². The summed E-state index contributed by atoms with van der Waals surface area (Å²) in [6.07, 6.45) is 0.851. The zero-order chi connectivity index (χ0) is 19.0. The summed E-state index contributed by atoms with van der Waals surface area (Å²) in [6.45, 7) is 1.08. The molecule has 2 rings (SSSR count). The van der Waals surface area contributed by atoms with Crippen molar-refractivity contribution < 1.29 is 18.0 Å². The number of guanidine groups is 1. The Kier molecular flexibility index (Phi) is 10.3. The lowest BCUT2D eigenvalue weighted by Gasteiger charge is -2.12. The highest BCUT2D eigenvalue weighted by molar-refractivity contribution is 14.0. The van der Waals surface area contributed by atoms with Gasteiger partial charge in [0.2, 0.25) is 5.91 Å². The molecule has 1 aromatic rings. The van der Waals surface area contributed by atoms with E-state index in [2.05, 4.69) is 25.9 Å². The Morgan fingerprint density at radius 3 is 2.52 bits per heavy atom. The molecule has 0 saturated heterocycles. The fraction of sp³-hybridized carbons (Fsp3) is 0.688. The largest absolute Gasteiger partial charge is 0.434 e. The van der Waals surface area contributed by atoms with Gasteiger partial charge in [-0.2, -0.15) is 13.2 Å². The van der Waals surface area contributed by atoms with Crippen LogP contribution < -0.4 is 16.0 Å². The summed E-state index contributed by atoms with van der Waals surface area (Å²) < 4.78 is 37.6. The first-order chi connectivity index (χ1) is 12.4. The van der Waals surface area contributed by atoms with Gasteiger partial charge in [0.1, 0.15) is 5.01 Å². The molecule has 1 fully saturated rings. The second kappa shape index (κ2) is 11.7. The van der Waals surface area contributed by atoms with E-state index in [9.17, 15) is 18.0 Å². The number of rotatable bonds is 7. The SMILES string of the molecule is CN=C(NCCNC(=O)CC1CCCC1)NCc1nc(C(F)(F)F)cs1.I. The minimum absolute atomic E-state index is 0.